The Kier molecular flexibility index (Phi) is 5.31. The van der Waals surface area contributed by atoms with Gasteiger partial charge in [-0.25, -0.2) is 0 Å². The van der Waals surface area contributed by atoms with Crippen LogP contribution in [0, 0.1) is 6.92 Å². The smallest absolute Gasteiger partial charge is 0.248 e. The summed E-state index contributed by atoms with van der Waals surface area (Å²) in [5, 5.41) is 2.86. The Balaban J connectivity index is 1.81. The Morgan fingerprint density at radius 1 is 1.05 bits per heavy atom. The second-order valence-electron chi connectivity index (χ2n) is 5.33. The average molecular weight is 296 g/mol. The van der Waals surface area contributed by atoms with Crippen molar-refractivity contribution in [1.29, 1.82) is 0 Å². The second-order valence-corrected chi connectivity index (χ2v) is 5.33. The lowest BCUT2D eigenvalue weighted by Crippen LogP contribution is -2.23. The number of nitrogens with two attached hydrogens (primary N) is 1. The van der Waals surface area contributed by atoms with Crippen LogP contribution >= 0.6 is 0 Å². The quantitative estimate of drug-likeness (QED) is 0.859. The van der Waals surface area contributed by atoms with Crippen molar-refractivity contribution >= 4 is 11.8 Å². The van der Waals surface area contributed by atoms with Crippen LogP contribution in [0.4, 0.5) is 0 Å². The first-order valence-corrected chi connectivity index (χ1v) is 7.25. The first kappa shape index (κ1) is 15.8. The molecule has 22 heavy (non-hydrogen) atoms. The van der Waals surface area contributed by atoms with E-state index in [4.69, 9.17) is 5.73 Å². The number of aryl methyl sites for hydroxylation is 2. The van der Waals surface area contributed by atoms with Crippen molar-refractivity contribution in [3.8, 4) is 0 Å². The highest BCUT2D eigenvalue weighted by Crippen LogP contribution is 2.07. The molecule has 2 aromatic rings. The summed E-state index contributed by atoms with van der Waals surface area (Å²) in [5.41, 5.74) is 8.91. The highest BCUT2D eigenvalue weighted by molar-refractivity contribution is 5.92. The van der Waals surface area contributed by atoms with E-state index in [1.54, 1.807) is 18.2 Å². The molecule has 0 spiro atoms. The number of hydrogen-bond acceptors (Lipinski definition) is 2. The van der Waals surface area contributed by atoms with Crippen LogP contribution in [-0.2, 0) is 17.8 Å². The van der Waals surface area contributed by atoms with Crippen LogP contribution in [0.5, 0.6) is 0 Å². The van der Waals surface area contributed by atoms with Crippen LogP contribution in [0.2, 0.25) is 0 Å². The van der Waals surface area contributed by atoms with Gasteiger partial charge < -0.3 is 11.1 Å². The van der Waals surface area contributed by atoms with Crippen molar-refractivity contribution < 1.29 is 9.59 Å². The monoisotopic (exact) mass is 296 g/mol. The van der Waals surface area contributed by atoms with E-state index in [1.165, 1.54) is 5.56 Å². The second kappa shape index (κ2) is 7.41. The summed E-state index contributed by atoms with van der Waals surface area (Å²) in [6, 6.07) is 15.1. The molecule has 3 N–H and O–H groups in total. The van der Waals surface area contributed by atoms with E-state index in [9.17, 15) is 9.59 Å². The van der Waals surface area contributed by atoms with Gasteiger partial charge in [0.1, 0.15) is 0 Å². The third kappa shape index (κ3) is 4.74. The van der Waals surface area contributed by atoms with Crippen molar-refractivity contribution in [3.63, 3.8) is 0 Å². The van der Waals surface area contributed by atoms with Crippen LogP contribution in [-0.4, -0.2) is 11.8 Å². The van der Waals surface area contributed by atoms with Crippen molar-refractivity contribution in [2.24, 2.45) is 5.73 Å². The molecule has 0 atom stereocenters. The number of carbonyl (C=O) groups excluding carboxylic acids is 2. The Morgan fingerprint density at radius 2 is 1.77 bits per heavy atom. The molecule has 4 nitrogen and oxygen atoms in total. The lowest BCUT2D eigenvalue weighted by atomic mass is 10.1. The van der Waals surface area contributed by atoms with Crippen molar-refractivity contribution in [1.82, 2.24) is 5.32 Å². The van der Waals surface area contributed by atoms with Gasteiger partial charge in [-0.05, 0) is 36.6 Å². The zero-order chi connectivity index (χ0) is 15.9. The fraction of sp³-hybridized carbons (Fsp3) is 0.222. The highest BCUT2D eigenvalue weighted by atomic mass is 16.1. The predicted octanol–water partition coefficient (Wildman–Crippen LogP) is 2.34. The minimum Gasteiger partial charge on any atom is -0.366 e. The van der Waals surface area contributed by atoms with Gasteiger partial charge in [-0.3, -0.25) is 9.59 Å². The molecule has 2 amide bonds. The molecule has 0 saturated heterocycles. The zero-order valence-electron chi connectivity index (χ0n) is 12.6. The van der Waals surface area contributed by atoms with E-state index in [0.717, 1.165) is 11.1 Å². The van der Waals surface area contributed by atoms with Gasteiger partial charge in [0.2, 0.25) is 11.8 Å². The average Bonchev–Trinajstić information content (AvgIpc) is 2.52. The summed E-state index contributed by atoms with van der Waals surface area (Å²) in [7, 11) is 0. The summed E-state index contributed by atoms with van der Waals surface area (Å²) in [4.78, 5) is 23.0. The predicted molar refractivity (Wildman–Crippen MR) is 86.3 cm³/mol. The largest absolute Gasteiger partial charge is 0.366 e. The van der Waals surface area contributed by atoms with E-state index in [0.29, 0.717) is 24.9 Å². The highest BCUT2D eigenvalue weighted by Gasteiger charge is 2.04. The van der Waals surface area contributed by atoms with Gasteiger partial charge in [0.25, 0.3) is 0 Å². The molecule has 0 aliphatic carbocycles. The minimum atomic E-state index is -0.465. The first-order chi connectivity index (χ1) is 10.5. The van der Waals surface area contributed by atoms with E-state index in [-0.39, 0.29) is 5.91 Å². The zero-order valence-corrected chi connectivity index (χ0v) is 12.6. The van der Waals surface area contributed by atoms with Crippen LogP contribution in [0.25, 0.3) is 0 Å². The van der Waals surface area contributed by atoms with Gasteiger partial charge in [0, 0.05) is 18.5 Å². The van der Waals surface area contributed by atoms with E-state index in [1.807, 2.05) is 37.3 Å². The molecule has 4 heteroatoms. The first-order valence-electron chi connectivity index (χ1n) is 7.25. The van der Waals surface area contributed by atoms with E-state index in [2.05, 4.69) is 5.32 Å². The molecule has 0 aliphatic rings. The standard InChI is InChI=1S/C18H20N2O2/c1-13-5-7-14(8-6-13)9-10-17(21)20-12-15-3-2-4-16(11-15)18(19)22/h2-8,11H,9-10,12H2,1H3,(H2,19,22)(H,20,21). The molecule has 2 rings (SSSR count). The van der Waals surface area contributed by atoms with Crippen molar-refractivity contribution in [2.75, 3.05) is 0 Å². The number of nitrogens with one attached hydrogen (secondary N) is 1. The Morgan fingerprint density at radius 3 is 2.45 bits per heavy atom. The van der Waals surface area contributed by atoms with E-state index >= 15 is 0 Å². The Labute approximate surface area is 130 Å². The van der Waals surface area contributed by atoms with Crippen LogP contribution in [0.15, 0.2) is 48.5 Å². The molecule has 0 saturated carbocycles. The maximum atomic E-state index is 11.9. The van der Waals surface area contributed by atoms with Gasteiger partial charge in [0.15, 0.2) is 0 Å². The SMILES string of the molecule is Cc1ccc(CCC(=O)NCc2cccc(C(N)=O)c2)cc1. The van der Waals surface area contributed by atoms with Gasteiger partial charge >= 0.3 is 0 Å². The van der Waals surface area contributed by atoms with E-state index < -0.39 is 5.91 Å². The number of carbonyl (C=O) groups is 2. The summed E-state index contributed by atoms with van der Waals surface area (Å²) in [6.45, 7) is 2.44. The number of hydrogen-bond donors (Lipinski definition) is 2. The molecule has 0 aliphatic heterocycles. The number of amides is 2. The summed E-state index contributed by atoms with van der Waals surface area (Å²) < 4.78 is 0. The fourth-order valence-electron chi connectivity index (χ4n) is 2.14. The number of rotatable bonds is 6. The van der Waals surface area contributed by atoms with Crippen LogP contribution < -0.4 is 11.1 Å². The van der Waals surface area contributed by atoms with Gasteiger partial charge in [0.05, 0.1) is 0 Å². The lowest BCUT2D eigenvalue weighted by Gasteiger charge is -2.07. The molecule has 2 aromatic carbocycles. The summed E-state index contributed by atoms with van der Waals surface area (Å²) in [5.74, 6) is -0.474. The molecular weight excluding hydrogens is 276 g/mol. The normalized spacial score (nSPS) is 10.2. The molecular formula is C18H20N2O2. The molecule has 0 heterocycles. The minimum absolute atomic E-state index is 0.00921. The topological polar surface area (TPSA) is 72.2 Å². The third-order valence-electron chi connectivity index (χ3n) is 3.46. The Bertz CT molecular complexity index is 663. The van der Waals surface area contributed by atoms with Crippen LogP contribution in [0.1, 0.15) is 33.5 Å². The summed E-state index contributed by atoms with van der Waals surface area (Å²) >= 11 is 0. The van der Waals surface area contributed by atoms with Crippen LogP contribution in [0.3, 0.4) is 0 Å². The Hall–Kier alpha value is -2.62. The van der Waals surface area contributed by atoms with Crippen molar-refractivity contribution in [3.05, 3.63) is 70.8 Å². The molecule has 0 aromatic heterocycles. The van der Waals surface area contributed by atoms with Crippen molar-refractivity contribution in [2.45, 2.75) is 26.3 Å². The van der Waals surface area contributed by atoms with Gasteiger partial charge in [-0.1, -0.05) is 42.0 Å². The van der Waals surface area contributed by atoms with Gasteiger partial charge in [-0.2, -0.15) is 0 Å². The van der Waals surface area contributed by atoms with Gasteiger partial charge in [-0.15, -0.1) is 0 Å². The lowest BCUT2D eigenvalue weighted by molar-refractivity contribution is -0.121. The summed E-state index contributed by atoms with van der Waals surface area (Å²) in [6.07, 6.45) is 1.16. The maximum absolute atomic E-state index is 11.9. The number of benzene rings is 2. The molecule has 0 unspecified atom stereocenters. The molecule has 0 radical (unpaired) electrons. The maximum Gasteiger partial charge on any atom is 0.248 e. The fourth-order valence-corrected chi connectivity index (χ4v) is 2.14. The molecule has 0 bridgehead atoms. The molecule has 0 fully saturated rings. The number of primary amides is 1. The molecule has 114 valence electrons. The third-order valence-corrected chi connectivity index (χ3v) is 3.46.